The van der Waals surface area contributed by atoms with Gasteiger partial charge in [-0.05, 0) is 50.1 Å². The third-order valence-electron chi connectivity index (χ3n) is 5.93. The number of benzene rings is 2. The number of aliphatic hydroxyl groups is 1. The van der Waals surface area contributed by atoms with Gasteiger partial charge in [0.15, 0.2) is 5.65 Å². The van der Waals surface area contributed by atoms with Gasteiger partial charge in [-0.2, -0.15) is 5.10 Å². The normalized spacial score (nSPS) is 12.6. The molecule has 0 radical (unpaired) electrons. The summed E-state index contributed by atoms with van der Waals surface area (Å²) in [4.78, 5) is 4.71. The van der Waals surface area contributed by atoms with E-state index in [4.69, 9.17) is 0 Å². The third kappa shape index (κ3) is 3.42. The van der Waals surface area contributed by atoms with Crippen LogP contribution in [0.15, 0.2) is 71.9 Å². The van der Waals surface area contributed by atoms with Crippen molar-refractivity contribution in [1.82, 2.24) is 18.7 Å². The topological polar surface area (TPSA) is 90.0 Å². The van der Waals surface area contributed by atoms with Crippen LogP contribution in [-0.2, 0) is 22.7 Å². The van der Waals surface area contributed by atoms with E-state index >= 15 is 0 Å². The van der Waals surface area contributed by atoms with Gasteiger partial charge in [0.25, 0.3) is 10.0 Å². The number of hydrogen-bond donors (Lipinski definition) is 1. The second-order valence-corrected chi connectivity index (χ2v) is 10.6. The lowest BCUT2D eigenvalue weighted by Gasteiger charge is -2.18. The van der Waals surface area contributed by atoms with Crippen LogP contribution < -0.4 is 0 Å². The number of fused-ring (bicyclic) bond motifs is 3. The Hall–Kier alpha value is -3.49. The number of nitrogens with zero attached hydrogens (tertiary/aromatic N) is 4. The van der Waals surface area contributed by atoms with Gasteiger partial charge >= 0.3 is 0 Å². The van der Waals surface area contributed by atoms with E-state index in [1.54, 1.807) is 55.2 Å². The molecule has 3 heterocycles. The molecule has 0 atom stereocenters. The molecule has 33 heavy (non-hydrogen) atoms. The Morgan fingerprint density at radius 3 is 2.27 bits per heavy atom. The zero-order valence-corrected chi connectivity index (χ0v) is 19.6. The van der Waals surface area contributed by atoms with Crippen molar-refractivity contribution in [1.29, 1.82) is 0 Å². The van der Waals surface area contributed by atoms with Gasteiger partial charge in [0.05, 0.1) is 27.9 Å². The highest BCUT2D eigenvalue weighted by Crippen LogP contribution is 2.35. The van der Waals surface area contributed by atoms with E-state index in [-0.39, 0.29) is 4.90 Å². The average molecular weight is 461 g/mol. The summed E-state index contributed by atoms with van der Waals surface area (Å²) in [6.45, 7) is 5.34. The molecule has 0 amide bonds. The van der Waals surface area contributed by atoms with Crippen molar-refractivity contribution in [3.8, 4) is 11.3 Å². The minimum absolute atomic E-state index is 0.187. The third-order valence-corrected chi connectivity index (χ3v) is 7.65. The standard InChI is InChI=1S/C25H24N4O3S/c1-16-5-11-20(12-6-16)33(31,32)29-22(17-7-9-19(10-8-17)25(2,3)30)13-21-23-18(14-26-24(21)29)15-27-28(23)4/h5-15,30H,1-4H3. The first-order valence-electron chi connectivity index (χ1n) is 10.5. The quantitative estimate of drug-likeness (QED) is 0.430. The van der Waals surface area contributed by atoms with Crippen LogP contribution in [0.25, 0.3) is 33.2 Å². The molecule has 0 saturated carbocycles. The fourth-order valence-corrected chi connectivity index (χ4v) is 5.58. The monoisotopic (exact) mass is 460 g/mol. The van der Waals surface area contributed by atoms with Gasteiger partial charge in [-0.25, -0.2) is 17.4 Å². The number of pyridine rings is 1. The molecule has 1 N–H and O–H groups in total. The molecule has 2 aromatic carbocycles. The van der Waals surface area contributed by atoms with Crippen molar-refractivity contribution < 1.29 is 13.5 Å². The maximum atomic E-state index is 13.9. The van der Waals surface area contributed by atoms with Crippen LogP contribution in [0.5, 0.6) is 0 Å². The number of rotatable bonds is 4. The molecule has 0 aliphatic carbocycles. The Labute approximate surface area is 192 Å². The smallest absolute Gasteiger partial charge is 0.269 e. The Kier molecular flexibility index (Phi) is 4.70. The van der Waals surface area contributed by atoms with Gasteiger partial charge in [0.2, 0.25) is 0 Å². The second-order valence-electron chi connectivity index (χ2n) is 8.82. The zero-order chi connectivity index (χ0) is 23.5. The van der Waals surface area contributed by atoms with Gasteiger partial charge in [0, 0.05) is 24.0 Å². The van der Waals surface area contributed by atoms with E-state index in [0.717, 1.165) is 22.0 Å². The first kappa shape index (κ1) is 21.4. The Balaban J connectivity index is 1.84. The van der Waals surface area contributed by atoms with E-state index < -0.39 is 15.6 Å². The van der Waals surface area contributed by atoms with Crippen LogP contribution in [0.1, 0.15) is 25.0 Å². The summed E-state index contributed by atoms with van der Waals surface area (Å²) in [6.07, 6.45) is 3.36. The van der Waals surface area contributed by atoms with Crippen molar-refractivity contribution >= 4 is 32.0 Å². The molecular formula is C25H24N4O3S. The molecule has 0 aliphatic heterocycles. The van der Waals surface area contributed by atoms with Crippen LogP contribution in [-0.4, -0.2) is 32.3 Å². The summed E-state index contributed by atoms with van der Waals surface area (Å²) in [5.74, 6) is 0. The lowest BCUT2D eigenvalue weighted by molar-refractivity contribution is 0.0786. The predicted octanol–water partition coefficient (Wildman–Crippen LogP) is 4.36. The molecule has 0 unspecified atom stereocenters. The Bertz CT molecular complexity index is 1610. The number of aromatic nitrogens is 4. The average Bonchev–Trinajstić information content (AvgIpc) is 3.34. The second kappa shape index (κ2) is 7.26. The van der Waals surface area contributed by atoms with Gasteiger partial charge in [-0.15, -0.1) is 0 Å². The van der Waals surface area contributed by atoms with Crippen molar-refractivity contribution in [2.45, 2.75) is 31.3 Å². The largest absolute Gasteiger partial charge is 0.386 e. The number of aryl methyl sites for hydroxylation is 2. The van der Waals surface area contributed by atoms with Gasteiger partial charge in [0.1, 0.15) is 0 Å². The summed E-state index contributed by atoms with van der Waals surface area (Å²) >= 11 is 0. The van der Waals surface area contributed by atoms with Crippen molar-refractivity contribution in [3.63, 3.8) is 0 Å². The van der Waals surface area contributed by atoms with Gasteiger partial charge in [-0.1, -0.05) is 42.0 Å². The summed E-state index contributed by atoms with van der Waals surface area (Å²) in [5.41, 5.74) is 3.06. The number of hydrogen-bond acceptors (Lipinski definition) is 5. The van der Waals surface area contributed by atoms with Crippen LogP contribution in [0.4, 0.5) is 0 Å². The highest BCUT2D eigenvalue weighted by Gasteiger charge is 2.27. The Morgan fingerprint density at radius 1 is 0.970 bits per heavy atom. The first-order chi connectivity index (χ1) is 15.6. The van der Waals surface area contributed by atoms with Crippen molar-refractivity contribution in [2.24, 2.45) is 7.05 Å². The minimum atomic E-state index is -3.95. The van der Waals surface area contributed by atoms with Gasteiger partial charge < -0.3 is 5.11 Å². The van der Waals surface area contributed by atoms with Crippen LogP contribution in [0.2, 0.25) is 0 Å². The molecule has 168 valence electrons. The van der Waals surface area contributed by atoms with E-state index in [0.29, 0.717) is 22.3 Å². The van der Waals surface area contributed by atoms with E-state index in [2.05, 4.69) is 10.1 Å². The minimum Gasteiger partial charge on any atom is -0.386 e. The summed E-state index contributed by atoms with van der Waals surface area (Å²) in [6, 6.07) is 15.9. The molecule has 0 spiro atoms. The van der Waals surface area contributed by atoms with Crippen molar-refractivity contribution in [2.75, 3.05) is 0 Å². The molecule has 5 rings (SSSR count). The molecule has 5 aromatic rings. The fraction of sp³-hybridized carbons (Fsp3) is 0.200. The lowest BCUT2D eigenvalue weighted by Crippen LogP contribution is -2.16. The molecule has 8 heteroatoms. The predicted molar refractivity (Wildman–Crippen MR) is 128 cm³/mol. The molecule has 7 nitrogen and oxygen atoms in total. The molecule has 0 saturated heterocycles. The maximum absolute atomic E-state index is 13.9. The first-order valence-corrected chi connectivity index (χ1v) is 12.0. The van der Waals surface area contributed by atoms with E-state index in [1.807, 2.05) is 44.3 Å². The van der Waals surface area contributed by atoms with Crippen molar-refractivity contribution in [3.05, 3.63) is 78.1 Å². The zero-order valence-electron chi connectivity index (χ0n) is 18.8. The highest BCUT2D eigenvalue weighted by molar-refractivity contribution is 7.90. The fourth-order valence-electron chi connectivity index (χ4n) is 4.10. The Morgan fingerprint density at radius 2 is 1.64 bits per heavy atom. The van der Waals surface area contributed by atoms with E-state index in [9.17, 15) is 13.5 Å². The molecule has 0 bridgehead atoms. The SMILES string of the molecule is Cc1ccc(S(=O)(=O)n2c(-c3ccc(C(C)(C)O)cc3)cc3c4c(cnc32)cnn4C)cc1. The summed E-state index contributed by atoms with van der Waals surface area (Å²) in [7, 11) is -2.12. The summed E-state index contributed by atoms with van der Waals surface area (Å²) < 4.78 is 30.8. The summed E-state index contributed by atoms with van der Waals surface area (Å²) in [5, 5.41) is 16.2. The highest BCUT2D eigenvalue weighted by atomic mass is 32.2. The van der Waals surface area contributed by atoms with E-state index in [1.165, 1.54) is 3.97 Å². The molecule has 0 fully saturated rings. The van der Waals surface area contributed by atoms with Crippen LogP contribution >= 0.6 is 0 Å². The van der Waals surface area contributed by atoms with Crippen LogP contribution in [0, 0.1) is 6.92 Å². The lowest BCUT2D eigenvalue weighted by atomic mass is 9.97. The maximum Gasteiger partial charge on any atom is 0.269 e. The molecule has 3 aromatic heterocycles. The molecule has 0 aliphatic rings. The van der Waals surface area contributed by atoms with Crippen LogP contribution in [0.3, 0.4) is 0 Å². The van der Waals surface area contributed by atoms with Gasteiger partial charge in [-0.3, -0.25) is 4.68 Å². The molecular weight excluding hydrogens is 436 g/mol.